The fourth-order valence-corrected chi connectivity index (χ4v) is 3.52. The molecule has 170 valence electrons. The molecule has 3 rings (SSSR count). The van der Waals surface area contributed by atoms with Crippen molar-refractivity contribution in [2.24, 2.45) is 29.4 Å². The Morgan fingerprint density at radius 2 is 2.24 bits per heavy atom. The highest BCUT2D eigenvalue weighted by Gasteiger charge is 2.21. The lowest BCUT2D eigenvalue weighted by molar-refractivity contribution is 0.100. The van der Waals surface area contributed by atoms with E-state index in [2.05, 4.69) is 33.5 Å². The first-order valence-electron chi connectivity index (χ1n) is 10.6. The molecule has 0 saturated heterocycles. The maximum Gasteiger partial charge on any atom is 0.281 e. The molecule has 1 atom stereocenters. The minimum absolute atomic E-state index is 0.0438. The molecule has 33 heavy (non-hydrogen) atoms. The number of amidine groups is 1. The predicted octanol–water partition coefficient (Wildman–Crippen LogP) is 3.37. The first-order chi connectivity index (χ1) is 15.8. The third kappa shape index (κ3) is 6.51. The van der Waals surface area contributed by atoms with Gasteiger partial charge < -0.3 is 11.5 Å². The standard InChI is InChI=1S/C24H27N7OS/c1-4-6-7-19(25)21-12-16(18-14-31(3)30-20(18)5-2)17(13-28-21)23(32)29-24(27)33-22(26)11-10-15-8-9-15/h4,6-7,12-15,19,26H,1,5,8-9,25H2,2-3H3,(H2,27,29,32)/b7-6-,26-22?. The smallest absolute Gasteiger partial charge is 0.281 e. The van der Waals surface area contributed by atoms with Crippen LogP contribution in [0.15, 0.2) is 48.3 Å². The highest BCUT2D eigenvalue weighted by atomic mass is 32.2. The summed E-state index contributed by atoms with van der Waals surface area (Å²) in [5.41, 5.74) is 15.3. The third-order valence-electron chi connectivity index (χ3n) is 4.87. The van der Waals surface area contributed by atoms with Crippen molar-refractivity contribution in [3.8, 4) is 23.0 Å². The molecule has 0 aliphatic heterocycles. The number of carbonyl (C=O) groups excluding carboxylic acids is 1. The third-order valence-corrected chi connectivity index (χ3v) is 5.47. The largest absolute Gasteiger partial charge is 0.378 e. The van der Waals surface area contributed by atoms with Crippen LogP contribution in [0.1, 0.15) is 47.6 Å². The number of pyridine rings is 1. The van der Waals surface area contributed by atoms with Gasteiger partial charge in [0.05, 0.1) is 23.0 Å². The van der Waals surface area contributed by atoms with Crippen LogP contribution in [-0.4, -0.2) is 30.9 Å². The molecule has 0 spiro atoms. The zero-order chi connectivity index (χ0) is 24.0. The van der Waals surface area contributed by atoms with Gasteiger partial charge in [-0.05, 0) is 43.0 Å². The molecular formula is C24H27N7OS. The maximum atomic E-state index is 13.1. The highest BCUT2D eigenvalue weighted by molar-refractivity contribution is 8.26. The molecular weight excluding hydrogens is 434 g/mol. The molecule has 1 aliphatic carbocycles. The minimum Gasteiger partial charge on any atom is -0.378 e. The molecule has 2 aromatic rings. The molecule has 2 heterocycles. The Balaban J connectivity index is 1.96. The molecule has 9 heteroatoms. The topological polar surface area (TPSA) is 136 Å². The van der Waals surface area contributed by atoms with Gasteiger partial charge in [0.2, 0.25) is 0 Å². The zero-order valence-electron chi connectivity index (χ0n) is 18.7. The summed E-state index contributed by atoms with van der Waals surface area (Å²) in [7, 11) is 1.83. The van der Waals surface area contributed by atoms with Gasteiger partial charge in [-0.2, -0.15) is 10.1 Å². The summed E-state index contributed by atoms with van der Waals surface area (Å²) < 4.78 is 1.70. The summed E-state index contributed by atoms with van der Waals surface area (Å²) in [4.78, 5) is 21.4. The molecule has 0 bridgehead atoms. The Kier molecular flexibility index (Phi) is 7.98. The molecule has 0 radical (unpaired) electrons. The number of rotatable bonds is 6. The van der Waals surface area contributed by atoms with Gasteiger partial charge in [0.15, 0.2) is 5.17 Å². The average molecular weight is 462 g/mol. The van der Waals surface area contributed by atoms with Crippen LogP contribution in [0.5, 0.6) is 0 Å². The van der Waals surface area contributed by atoms with Crippen LogP contribution >= 0.6 is 11.8 Å². The number of nitrogens with two attached hydrogens (primary N) is 2. The summed E-state index contributed by atoms with van der Waals surface area (Å²) in [6, 6.07) is 1.31. The van der Waals surface area contributed by atoms with E-state index >= 15 is 0 Å². The van der Waals surface area contributed by atoms with E-state index in [-0.39, 0.29) is 15.8 Å². The number of allylic oxidation sites excluding steroid dienone is 2. The number of nitrogens with one attached hydrogen (secondary N) is 1. The first kappa shape index (κ1) is 24.2. The Labute approximate surface area is 197 Å². The molecule has 1 saturated carbocycles. The van der Waals surface area contributed by atoms with E-state index < -0.39 is 11.9 Å². The van der Waals surface area contributed by atoms with Gasteiger partial charge in [0.25, 0.3) is 5.91 Å². The van der Waals surface area contributed by atoms with Crippen molar-refractivity contribution in [3.63, 3.8) is 0 Å². The number of nitrogens with zero attached hydrogens (tertiary/aromatic N) is 4. The van der Waals surface area contributed by atoms with Crippen molar-refractivity contribution in [2.45, 2.75) is 32.2 Å². The second kappa shape index (κ2) is 10.9. The van der Waals surface area contributed by atoms with Gasteiger partial charge in [-0.1, -0.05) is 37.7 Å². The van der Waals surface area contributed by atoms with E-state index in [0.29, 0.717) is 23.6 Å². The van der Waals surface area contributed by atoms with Gasteiger partial charge in [0.1, 0.15) is 5.04 Å². The fraction of sp³-hybridized carbons (Fsp3) is 0.292. The van der Waals surface area contributed by atoms with Crippen LogP contribution < -0.4 is 11.5 Å². The average Bonchev–Trinajstić information content (AvgIpc) is 3.55. The van der Waals surface area contributed by atoms with Crippen molar-refractivity contribution >= 4 is 27.9 Å². The van der Waals surface area contributed by atoms with Gasteiger partial charge >= 0.3 is 0 Å². The summed E-state index contributed by atoms with van der Waals surface area (Å²) >= 11 is 0.864. The van der Waals surface area contributed by atoms with Crippen LogP contribution in [-0.2, 0) is 13.5 Å². The number of aromatic nitrogens is 3. The molecule has 8 nitrogen and oxygen atoms in total. The van der Waals surface area contributed by atoms with E-state index in [4.69, 9.17) is 16.9 Å². The lowest BCUT2D eigenvalue weighted by Crippen LogP contribution is -2.14. The zero-order valence-corrected chi connectivity index (χ0v) is 19.5. The second-order valence-corrected chi connectivity index (χ2v) is 8.58. The number of aliphatic imine (C=N–C) groups is 1. The monoisotopic (exact) mass is 461 g/mol. The minimum atomic E-state index is -0.557. The van der Waals surface area contributed by atoms with Gasteiger partial charge in [-0.3, -0.25) is 19.9 Å². The van der Waals surface area contributed by atoms with E-state index in [1.807, 2.05) is 20.2 Å². The number of thioether (sulfide) groups is 1. The molecule has 1 unspecified atom stereocenters. The Morgan fingerprint density at radius 1 is 1.48 bits per heavy atom. The highest BCUT2D eigenvalue weighted by Crippen LogP contribution is 2.30. The fourth-order valence-electron chi connectivity index (χ4n) is 3.07. The first-order valence-corrected chi connectivity index (χ1v) is 11.4. The van der Waals surface area contributed by atoms with E-state index in [1.54, 1.807) is 29.0 Å². The molecule has 1 fully saturated rings. The van der Waals surface area contributed by atoms with E-state index in [9.17, 15) is 4.79 Å². The van der Waals surface area contributed by atoms with Crippen molar-refractivity contribution in [1.82, 2.24) is 14.8 Å². The van der Waals surface area contributed by atoms with Crippen LogP contribution in [0.4, 0.5) is 0 Å². The lowest BCUT2D eigenvalue weighted by atomic mass is 9.98. The van der Waals surface area contributed by atoms with Crippen molar-refractivity contribution in [2.75, 3.05) is 0 Å². The quantitative estimate of drug-likeness (QED) is 0.261. The number of amides is 1. The van der Waals surface area contributed by atoms with Gasteiger partial charge in [0, 0.05) is 36.5 Å². The van der Waals surface area contributed by atoms with Crippen molar-refractivity contribution in [3.05, 3.63) is 60.2 Å². The SMILES string of the molecule is C=C/C=C\C(N)c1cc(-c2cn(C)nc2CC)c(C(=O)N=C(N)SC(=N)C#CC2CC2)cn1. The van der Waals surface area contributed by atoms with Gasteiger partial charge in [-0.25, -0.2) is 0 Å². The molecule has 2 aromatic heterocycles. The summed E-state index contributed by atoms with van der Waals surface area (Å²) in [6.07, 6.45) is 11.3. The predicted molar refractivity (Wildman–Crippen MR) is 134 cm³/mol. The number of hydrogen-bond acceptors (Lipinski definition) is 6. The second-order valence-electron chi connectivity index (χ2n) is 7.55. The van der Waals surface area contributed by atoms with E-state index in [1.165, 1.54) is 6.20 Å². The summed E-state index contributed by atoms with van der Waals surface area (Å²) in [6.45, 7) is 5.65. The van der Waals surface area contributed by atoms with Crippen LogP contribution in [0.25, 0.3) is 11.1 Å². The van der Waals surface area contributed by atoms with Crippen LogP contribution in [0.2, 0.25) is 0 Å². The lowest BCUT2D eigenvalue weighted by Gasteiger charge is -2.12. The molecule has 1 aliphatic rings. The van der Waals surface area contributed by atoms with Gasteiger partial charge in [-0.15, -0.1) is 0 Å². The Hall–Kier alpha value is -3.48. The van der Waals surface area contributed by atoms with Crippen LogP contribution in [0, 0.1) is 23.2 Å². The molecule has 1 amide bonds. The Morgan fingerprint density at radius 3 is 2.91 bits per heavy atom. The Bertz CT molecular complexity index is 1200. The summed E-state index contributed by atoms with van der Waals surface area (Å²) in [5, 5.41) is 12.4. The van der Waals surface area contributed by atoms with Crippen molar-refractivity contribution < 1.29 is 4.79 Å². The van der Waals surface area contributed by atoms with Crippen molar-refractivity contribution in [1.29, 1.82) is 5.41 Å². The number of carbonyl (C=O) groups is 1. The maximum absolute atomic E-state index is 13.1. The number of hydrogen-bond donors (Lipinski definition) is 3. The van der Waals surface area contributed by atoms with E-state index in [0.717, 1.165) is 35.9 Å². The molecule has 0 aromatic carbocycles. The summed E-state index contributed by atoms with van der Waals surface area (Å²) in [5.74, 6) is 5.56. The number of aryl methyl sites for hydroxylation is 2. The molecule has 5 N–H and O–H groups in total. The normalized spacial score (nSPS) is 14.6. The van der Waals surface area contributed by atoms with Crippen LogP contribution in [0.3, 0.4) is 0 Å².